The number of ether oxygens (including phenoxy) is 3. The van der Waals surface area contributed by atoms with Crippen LogP contribution in [0.15, 0.2) is 0 Å². The third-order valence-corrected chi connectivity index (χ3v) is 9.90. The summed E-state index contributed by atoms with van der Waals surface area (Å²) in [7, 11) is 0. The fourth-order valence-electron chi connectivity index (χ4n) is 7.14. The average molecular weight is 516 g/mol. The minimum atomic E-state index is -0.541. The van der Waals surface area contributed by atoms with Gasteiger partial charge in [0, 0.05) is 11.8 Å². The van der Waals surface area contributed by atoms with Crippen molar-refractivity contribution < 1.29 is 28.6 Å². The summed E-state index contributed by atoms with van der Waals surface area (Å²) in [6.07, 6.45) is 5.75. The van der Waals surface area contributed by atoms with Gasteiger partial charge in [-0.15, -0.1) is 0 Å². The molecule has 5 fully saturated rings. The molecule has 0 radical (unpaired) electrons. The van der Waals surface area contributed by atoms with Gasteiger partial charge in [0.1, 0.15) is 21.7 Å². The summed E-state index contributed by atoms with van der Waals surface area (Å²) in [5.74, 6) is -0.934. The van der Waals surface area contributed by atoms with E-state index >= 15 is 0 Å². The van der Waals surface area contributed by atoms with Gasteiger partial charge in [0.05, 0.1) is 11.8 Å². The maximum atomic E-state index is 13.4. The van der Waals surface area contributed by atoms with Crippen molar-refractivity contribution in [3.63, 3.8) is 0 Å². The van der Waals surface area contributed by atoms with Crippen molar-refractivity contribution in [1.29, 1.82) is 0 Å². The van der Waals surface area contributed by atoms with E-state index in [-0.39, 0.29) is 39.3 Å². The summed E-state index contributed by atoms with van der Waals surface area (Å²) in [6, 6.07) is 0. The van der Waals surface area contributed by atoms with E-state index in [9.17, 15) is 14.4 Å². The van der Waals surface area contributed by atoms with Crippen LogP contribution in [0.3, 0.4) is 0 Å². The van der Waals surface area contributed by atoms with Gasteiger partial charge in [-0.2, -0.15) is 0 Å². The van der Waals surface area contributed by atoms with E-state index in [2.05, 4.69) is 29.5 Å². The molecular weight excluding hydrogens is 487 g/mol. The van der Waals surface area contributed by atoms with Crippen molar-refractivity contribution in [3.05, 3.63) is 0 Å². The van der Waals surface area contributed by atoms with Crippen LogP contribution in [-0.4, -0.2) is 39.6 Å². The molecule has 6 nitrogen and oxygen atoms in total. The molecule has 0 aromatic carbocycles. The molecule has 0 amide bonds. The standard InChI is InChI=1S/C22H29IO6/c1-3-14(23)19(24)27-17-13-8-12-15(20(25)28-18(12)17)16(13)21(26)29-22(4-2)9-10-5-6-11(22)7-10/h10-18H,3-9H2,1-2H3. The van der Waals surface area contributed by atoms with Crippen LogP contribution in [0.4, 0.5) is 0 Å². The van der Waals surface area contributed by atoms with Crippen LogP contribution in [0, 0.1) is 35.5 Å². The summed E-state index contributed by atoms with van der Waals surface area (Å²) in [5, 5.41) is 0. The summed E-state index contributed by atoms with van der Waals surface area (Å²) in [4.78, 5) is 38.4. The highest BCUT2D eigenvalue weighted by Gasteiger charge is 2.70. The molecule has 29 heavy (non-hydrogen) atoms. The van der Waals surface area contributed by atoms with Gasteiger partial charge in [-0.1, -0.05) is 36.4 Å². The van der Waals surface area contributed by atoms with Gasteiger partial charge in [0.2, 0.25) is 0 Å². The number of alkyl halides is 1. The van der Waals surface area contributed by atoms with Gasteiger partial charge < -0.3 is 14.2 Å². The first-order chi connectivity index (χ1) is 13.9. The number of carbonyl (C=O) groups is 3. The lowest BCUT2D eigenvalue weighted by Crippen LogP contribution is -2.48. The molecule has 0 spiro atoms. The number of halogens is 1. The summed E-state index contributed by atoms with van der Waals surface area (Å²) >= 11 is 2.08. The molecule has 10 unspecified atom stereocenters. The first-order valence-corrected chi connectivity index (χ1v) is 12.4. The lowest BCUT2D eigenvalue weighted by molar-refractivity contribution is -0.180. The molecule has 0 N–H and O–H groups in total. The Kier molecular flexibility index (Phi) is 4.91. The number of hydrogen-bond acceptors (Lipinski definition) is 6. The van der Waals surface area contributed by atoms with Crippen molar-refractivity contribution >= 4 is 40.5 Å². The summed E-state index contributed by atoms with van der Waals surface area (Å²) < 4.78 is 17.4. The molecule has 1 aliphatic heterocycles. The Morgan fingerprint density at radius 2 is 2.03 bits per heavy atom. The van der Waals surface area contributed by atoms with E-state index in [0.717, 1.165) is 25.7 Å². The summed E-state index contributed by atoms with van der Waals surface area (Å²) in [6.45, 7) is 4.04. The highest BCUT2D eigenvalue weighted by atomic mass is 127. The summed E-state index contributed by atoms with van der Waals surface area (Å²) in [5.41, 5.74) is -0.370. The number of fused-ring (bicyclic) bond motifs is 3. The Bertz CT molecular complexity index is 739. The van der Waals surface area contributed by atoms with Gasteiger partial charge in [-0.3, -0.25) is 14.4 Å². The molecule has 1 heterocycles. The molecule has 4 bridgehead atoms. The van der Waals surface area contributed by atoms with Gasteiger partial charge in [0.15, 0.2) is 0 Å². The quantitative estimate of drug-likeness (QED) is 0.233. The normalized spacial score (nSPS) is 47.3. The molecule has 4 aliphatic carbocycles. The third-order valence-electron chi connectivity index (χ3n) is 8.51. The van der Waals surface area contributed by atoms with E-state index in [1.54, 1.807) is 0 Å². The van der Waals surface area contributed by atoms with Crippen molar-refractivity contribution in [3.8, 4) is 0 Å². The molecule has 160 valence electrons. The molecule has 5 aliphatic rings. The maximum Gasteiger partial charge on any atom is 0.319 e. The zero-order valence-corrected chi connectivity index (χ0v) is 19.1. The first-order valence-electron chi connectivity index (χ1n) is 11.2. The maximum absolute atomic E-state index is 13.4. The molecule has 4 saturated carbocycles. The molecular formula is C22H29IO6. The van der Waals surface area contributed by atoms with Gasteiger partial charge in [0.25, 0.3) is 0 Å². The monoisotopic (exact) mass is 516 g/mol. The van der Waals surface area contributed by atoms with Crippen LogP contribution in [-0.2, 0) is 28.6 Å². The number of carbonyl (C=O) groups excluding carboxylic acids is 3. The van der Waals surface area contributed by atoms with Gasteiger partial charge >= 0.3 is 17.9 Å². The smallest absolute Gasteiger partial charge is 0.319 e. The molecule has 0 aromatic heterocycles. The SMILES string of the molecule is CCC(I)C(=O)OC1C2CC3C1OC(=O)C3C2C(=O)OC1(CC)CC2CCC1C2. The number of hydrogen-bond donors (Lipinski definition) is 0. The molecule has 7 heteroatoms. The van der Waals surface area contributed by atoms with E-state index in [0.29, 0.717) is 24.7 Å². The minimum absolute atomic E-state index is 0.0326. The van der Waals surface area contributed by atoms with E-state index in [4.69, 9.17) is 14.2 Å². The lowest BCUT2D eigenvalue weighted by Gasteiger charge is -2.39. The average Bonchev–Trinajstić information content (AvgIpc) is 3.48. The minimum Gasteiger partial charge on any atom is -0.459 e. The van der Waals surface area contributed by atoms with Crippen LogP contribution >= 0.6 is 22.6 Å². The fraction of sp³-hybridized carbons (Fsp3) is 0.864. The molecule has 1 saturated heterocycles. The Morgan fingerprint density at radius 1 is 1.24 bits per heavy atom. The Labute approximate surface area is 184 Å². The zero-order chi connectivity index (χ0) is 20.5. The molecule has 10 atom stereocenters. The zero-order valence-electron chi connectivity index (χ0n) is 17.0. The number of rotatable bonds is 6. The third kappa shape index (κ3) is 2.88. The predicted molar refractivity (Wildman–Crippen MR) is 111 cm³/mol. The topological polar surface area (TPSA) is 78.9 Å². The largest absolute Gasteiger partial charge is 0.459 e. The van der Waals surface area contributed by atoms with Crippen LogP contribution in [0.5, 0.6) is 0 Å². The lowest BCUT2D eigenvalue weighted by atomic mass is 9.77. The predicted octanol–water partition coefficient (Wildman–Crippen LogP) is 3.43. The molecule has 0 aromatic rings. The van der Waals surface area contributed by atoms with E-state index in [1.165, 1.54) is 6.42 Å². The van der Waals surface area contributed by atoms with Crippen molar-refractivity contribution in [2.24, 2.45) is 35.5 Å². The van der Waals surface area contributed by atoms with Crippen LogP contribution in [0.2, 0.25) is 0 Å². The fourth-order valence-corrected chi connectivity index (χ4v) is 7.28. The highest BCUT2D eigenvalue weighted by molar-refractivity contribution is 14.1. The Balaban J connectivity index is 1.36. The van der Waals surface area contributed by atoms with Crippen LogP contribution in [0.1, 0.15) is 58.8 Å². The van der Waals surface area contributed by atoms with E-state index < -0.39 is 24.0 Å². The second-order valence-corrected chi connectivity index (χ2v) is 11.2. The van der Waals surface area contributed by atoms with E-state index in [1.807, 2.05) is 6.92 Å². The number of esters is 3. The van der Waals surface area contributed by atoms with Gasteiger partial charge in [-0.05, 0) is 56.8 Å². The molecule has 5 rings (SSSR count). The van der Waals surface area contributed by atoms with Crippen molar-refractivity contribution in [2.45, 2.75) is 80.5 Å². The van der Waals surface area contributed by atoms with Crippen LogP contribution < -0.4 is 0 Å². The van der Waals surface area contributed by atoms with Gasteiger partial charge in [-0.25, -0.2) is 0 Å². The van der Waals surface area contributed by atoms with Crippen LogP contribution in [0.25, 0.3) is 0 Å². The van der Waals surface area contributed by atoms with Crippen molar-refractivity contribution in [1.82, 2.24) is 0 Å². The Morgan fingerprint density at radius 3 is 2.66 bits per heavy atom. The second-order valence-electron chi connectivity index (χ2n) is 9.71. The first kappa shape index (κ1) is 20.1. The second kappa shape index (κ2) is 7.09. The highest BCUT2D eigenvalue weighted by Crippen LogP contribution is 2.60. The Hall–Kier alpha value is -0.860. The van der Waals surface area contributed by atoms with Crippen molar-refractivity contribution in [2.75, 3.05) is 0 Å².